The van der Waals surface area contributed by atoms with E-state index in [9.17, 15) is 9.59 Å². The molecule has 5 atom stereocenters. The summed E-state index contributed by atoms with van der Waals surface area (Å²) < 4.78 is 0. The Hall–Kier alpha value is -1.10. The highest BCUT2D eigenvalue weighted by atomic mass is 16.2. The topological polar surface area (TPSA) is 66.6 Å². The maximum atomic E-state index is 12.9. The van der Waals surface area contributed by atoms with Gasteiger partial charge in [0.2, 0.25) is 11.8 Å². The average Bonchev–Trinajstić information content (AvgIpc) is 2.90. The molecule has 5 heteroatoms. The first kappa shape index (κ1) is 16.3. The first-order chi connectivity index (χ1) is 9.82. The van der Waals surface area contributed by atoms with Crippen LogP contribution in [-0.4, -0.2) is 54.3 Å². The normalized spacial score (nSPS) is 36.6. The first-order valence-corrected chi connectivity index (χ1v) is 8.10. The summed E-state index contributed by atoms with van der Waals surface area (Å²) in [5.41, 5.74) is 6.16. The summed E-state index contributed by atoms with van der Waals surface area (Å²) in [6.07, 6.45) is 3.45. The lowest BCUT2D eigenvalue weighted by molar-refractivity contribution is -0.147. The zero-order valence-electron chi connectivity index (χ0n) is 13.7. The molecule has 0 bridgehead atoms. The predicted molar refractivity (Wildman–Crippen MR) is 82.5 cm³/mol. The second kappa shape index (κ2) is 6.34. The van der Waals surface area contributed by atoms with Gasteiger partial charge in [-0.2, -0.15) is 0 Å². The molecule has 1 saturated heterocycles. The van der Waals surface area contributed by atoms with E-state index < -0.39 is 0 Å². The van der Waals surface area contributed by atoms with E-state index in [0.717, 1.165) is 25.7 Å². The minimum atomic E-state index is -0.268. The highest BCUT2D eigenvalue weighted by molar-refractivity contribution is 5.89. The molecule has 5 unspecified atom stereocenters. The molecule has 0 aromatic rings. The molecule has 2 aliphatic rings. The summed E-state index contributed by atoms with van der Waals surface area (Å²) in [6, 6.07) is -0.170. The molecule has 2 fully saturated rings. The van der Waals surface area contributed by atoms with E-state index in [1.54, 1.807) is 19.0 Å². The number of hydrogen-bond acceptors (Lipinski definition) is 3. The van der Waals surface area contributed by atoms with Crippen molar-refractivity contribution in [3.8, 4) is 0 Å². The lowest BCUT2D eigenvalue weighted by Crippen LogP contribution is -2.51. The highest BCUT2D eigenvalue weighted by Gasteiger charge is 2.42. The highest BCUT2D eigenvalue weighted by Crippen LogP contribution is 2.35. The van der Waals surface area contributed by atoms with Crippen molar-refractivity contribution in [2.75, 3.05) is 20.6 Å². The summed E-state index contributed by atoms with van der Waals surface area (Å²) in [7, 11) is 3.51. The maximum Gasteiger partial charge on any atom is 0.244 e. The van der Waals surface area contributed by atoms with Crippen LogP contribution in [0.4, 0.5) is 0 Å². The molecule has 2 N–H and O–H groups in total. The van der Waals surface area contributed by atoms with Crippen LogP contribution in [0.15, 0.2) is 0 Å². The summed E-state index contributed by atoms with van der Waals surface area (Å²) in [5, 5.41) is 0. The SMILES string of the molecule is CC1CC(C)C(C(=O)N2CCCC2C(=O)N(C)C)CC1N. The minimum Gasteiger partial charge on any atom is -0.347 e. The fourth-order valence-electron chi connectivity index (χ4n) is 3.83. The summed E-state index contributed by atoms with van der Waals surface area (Å²) in [5.74, 6) is 0.987. The third-order valence-corrected chi connectivity index (χ3v) is 5.27. The molecule has 1 aliphatic heterocycles. The largest absolute Gasteiger partial charge is 0.347 e. The number of carbonyl (C=O) groups is 2. The van der Waals surface area contributed by atoms with Gasteiger partial charge >= 0.3 is 0 Å². The van der Waals surface area contributed by atoms with Crippen LogP contribution in [0.1, 0.15) is 39.5 Å². The number of nitrogens with zero attached hydrogens (tertiary/aromatic N) is 2. The van der Waals surface area contributed by atoms with Crippen LogP contribution in [-0.2, 0) is 9.59 Å². The smallest absolute Gasteiger partial charge is 0.244 e. The van der Waals surface area contributed by atoms with Crippen LogP contribution in [0.5, 0.6) is 0 Å². The van der Waals surface area contributed by atoms with Crippen LogP contribution in [0.3, 0.4) is 0 Å². The third kappa shape index (κ3) is 3.23. The van der Waals surface area contributed by atoms with E-state index in [2.05, 4.69) is 13.8 Å². The van der Waals surface area contributed by atoms with Crippen LogP contribution >= 0.6 is 0 Å². The third-order valence-electron chi connectivity index (χ3n) is 5.27. The van der Waals surface area contributed by atoms with E-state index in [1.807, 2.05) is 4.90 Å². The van der Waals surface area contributed by atoms with Crippen molar-refractivity contribution in [2.24, 2.45) is 23.5 Å². The molecule has 0 aromatic heterocycles. The molecule has 1 heterocycles. The van der Waals surface area contributed by atoms with Gasteiger partial charge in [0.05, 0.1) is 0 Å². The average molecular weight is 295 g/mol. The van der Waals surface area contributed by atoms with Gasteiger partial charge in [-0.25, -0.2) is 0 Å². The molecule has 1 saturated carbocycles. The van der Waals surface area contributed by atoms with Gasteiger partial charge in [-0.3, -0.25) is 9.59 Å². The lowest BCUT2D eigenvalue weighted by Gasteiger charge is -2.39. The Morgan fingerprint density at radius 2 is 1.81 bits per heavy atom. The van der Waals surface area contributed by atoms with Gasteiger partial charge in [0.25, 0.3) is 0 Å². The Balaban J connectivity index is 2.09. The van der Waals surface area contributed by atoms with E-state index in [4.69, 9.17) is 5.73 Å². The van der Waals surface area contributed by atoms with Crippen molar-refractivity contribution in [1.29, 1.82) is 0 Å². The van der Waals surface area contributed by atoms with Gasteiger partial charge in [-0.15, -0.1) is 0 Å². The van der Waals surface area contributed by atoms with Gasteiger partial charge in [0.1, 0.15) is 6.04 Å². The van der Waals surface area contributed by atoms with Crippen LogP contribution in [0.2, 0.25) is 0 Å². The molecule has 0 radical (unpaired) electrons. The lowest BCUT2D eigenvalue weighted by atomic mass is 9.72. The van der Waals surface area contributed by atoms with Crippen molar-refractivity contribution in [1.82, 2.24) is 9.80 Å². The fraction of sp³-hybridized carbons (Fsp3) is 0.875. The molecule has 2 rings (SSSR count). The van der Waals surface area contributed by atoms with E-state index >= 15 is 0 Å². The Kier molecular flexibility index (Phi) is 4.91. The van der Waals surface area contributed by atoms with E-state index in [0.29, 0.717) is 18.4 Å². The number of likely N-dealkylation sites (tertiary alicyclic amines) is 1. The molecule has 120 valence electrons. The molecular weight excluding hydrogens is 266 g/mol. The van der Waals surface area contributed by atoms with Gasteiger partial charge in [-0.05, 0) is 37.5 Å². The second-order valence-electron chi connectivity index (χ2n) is 7.12. The van der Waals surface area contributed by atoms with Gasteiger partial charge < -0.3 is 15.5 Å². The quantitative estimate of drug-likeness (QED) is 0.829. The van der Waals surface area contributed by atoms with E-state index in [1.165, 1.54) is 0 Å². The minimum absolute atomic E-state index is 0.0215. The number of amides is 2. The number of likely N-dealkylation sites (N-methyl/N-ethyl adjacent to an activating group) is 1. The van der Waals surface area contributed by atoms with Gasteiger partial charge in [0, 0.05) is 32.6 Å². The number of hydrogen-bond donors (Lipinski definition) is 1. The standard InChI is InChI=1S/C16H29N3O2/c1-10-8-11(2)13(17)9-12(10)15(20)19-7-5-6-14(19)16(21)18(3)4/h10-14H,5-9,17H2,1-4H3. The van der Waals surface area contributed by atoms with Crippen molar-refractivity contribution in [2.45, 2.75) is 51.6 Å². The maximum absolute atomic E-state index is 12.9. The van der Waals surface area contributed by atoms with E-state index in [-0.39, 0.29) is 29.8 Å². The van der Waals surface area contributed by atoms with Crippen LogP contribution in [0.25, 0.3) is 0 Å². The predicted octanol–water partition coefficient (Wildman–Crippen LogP) is 1.08. The Labute approximate surface area is 127 Å². The molecule has 5 nitrogen and oxygen atoms in total. The Bertz CT molecular complexity index is 410. The van der Waals surface area contributed by atoms with Crippen molar-refractivity contribution < 1.29 is 9.59 Å². The fourth-order valence-corrected chi connectivity index (χ4v) is 3.83. The summed E-state index contributed by atoms with van der Waals surface area (Å²) in [6.45, 7) is 5.01. The number of nitrogens with two attached hydrogens (primary N) is 1. The molecule has 21 heavy (non-hydrogen) atoms. The molecule has 2 amide bonds. The molecule has 1 aliphatic carbocycles. The Morgan fingerprint density at radius 1 is 1.14 bits per heavy atom. The zero-order valence-corrected chi connectivity index (χ0v) is 13.7. The van der Waals surface area contributed by atoms with Gasteiger partial charge in [0.15, 0.2) is 0 Å². The molecule has 0 spiro atoms. The van der Waals surface area contributed by atoms with Crippen molar-refractivity contribution in [3.63, 3.8) is 0 Å². The Morgan fingerprint density at radius 3 is 2.43 bits per heavy atom. The summed E-state index contributed by atoms with van der Waals surface area (Å²) >= 11 is 0. The first-order valence-electron chi connectivity index (χ1n) is 8.10. The summed E-state index contributed by atoms with van der Waals surface area (Å²) in [4.78, 5) is 28.6. The van der Waals surface area contributed by atoms with Gasteiger partial charge in [-0.1, -0.05) is 13.8 Å². The number of carbonyl (C=O) groups excluding carboxylic acids is 2. The monoisotopic (exact) mass is 295 g/mol. The zero-order chi connectivity index (χ0) is 15.7. The number of rotatable bonds is 2. The van der Waals surface area contributed by atoms with Crippen LogP contribution in [0, 0.1) is 17.8 Å². The van der Waals surface area contributed by atoms with Crippen molar-refractivity contribution >= 4 is 11.8 Å². The molecular formula is C16H29N3O2. The van der Waals surface area contributed by atoms with Crippen molar-refractivity contribution in [3.05, 3.63) is 0 Å². The van der Waals surface area contributed by atoms with Crippen LogP contribution < -0.4 is 5.73 Å². The second-order valence-corrected chi connectivity index (χ2v) is 7.12. The molecule has 0 aromatic carbocycles.